The number of carbonyl (C=O) groups is 1. The summed E-state index contributed by atoms with van der Waals surface area (Å²) in [6, 6.07) is 13.2. The molecule has 0 unspecified atom stereocenters. The minimum absolute atomic E-state index is 0.0665. The van der Waals surface area contributed by atoms with Gasteiger partial charge in [0.15, 0.2) is 6.61 Å². The van der Waals surface area contributed by atoms with E-state index in [0.29, 0.717) is 22.9 Å². The van der Waals surface area contributed by atoms with Crippen molar-refractivity contribution in [3.8, 4) is 17.2 Å². The Balaban J connectivity index is 1.97. The average Bonchev–Trinajstić information content (AvgIpc) is 2.64. The molecule has 0 aromatic heterocycles. The number of amides is 1. The lowest BCUT2D eigenvalue weighted by molar-refractivity contribution is -0.118. The van der Waals surface area contributed by atoms with Crippen LogP contribution in [-0.2, 0) is 10.2 Å². The number of nitrogens with one attached hydrogen (secondary N) is 1. The lowest BCUT2D eigenvalue weighted by Gasteiger charge is -2.33. The first-order valence-electron chi connectivity index (χ1n) is 9.79. The van der Waals surface area contributed by atoms with Crippen molar-refractivity contribution in [1.29, 1.82) is 0 Å². The molecule has 29 heavy (non-hydrogen) atoms. The van der Waals surface area contributed by atoms with Crippen LogP contribution in [0.2, 0.25) is 0 Å². The summed E-state index contributed by atoms with van der Waals surface area (Å²) in [6.07, 6.45) is 1.07. The van der Waals surface area contributed by atoms with Crippen molar-refractivity contribution in [3.63, 3.8) is 0 Å². The van der Waals surface area contributed by atoms with Crippen LogP contribution < -0.4 is 19.5 Å². The van der Waals surface area contributed by atoms with Gasteiger partial charge in [-0.15, -0.1) is 0 Å². The number of ether oxygens (including phenoxy) is 3. The van der Waals surface area contributed by atoms with E-state index >= 15 is 0 Å². The quantitative estimate of drug-likeness (QED) is 0.643. The molecule has 2 aromatic rings. The maximum absolute atomic E-state index is 12.3. The molecule has 2 aromatic carbocycles. The maximum atomic E-state index is 12.3. The van der Waals surface area contributed by atoms with Crippen molar-refractivity contribution >= 4 is 11.6 Å². The molecule has 0 saturated heterocycles. The van der Waals surface area contributed by atoms with E-state index in [9.17, 15) is 4.79 Å². The smallest absolute Gasteiger partial charge is 0.262 e. The minimum atomic E-state index is -0.270. The Labute approximate surface area is 174 Å². The highest BCUT2D eigenvalue weighted by Crippen LogP contribution is 2.36. The van der Waals surface area contributed by atoms with Crippen LogP contribution in [0.1, 0.15) is 46.6 Å². The summed E-state index contributed by atoms with van der Waals surface area (Å²) in [5.41, 5.74) is 2.11. The van der Waals surface area contributed by atoms with E-state index in [1.54, 1.807) is 32.4 Å². The summed E-state index contributed by atoms with van der Waals surface area (Å²) in [6.45, 7) is 11.2. The zero-order valence-corrected chi connectivity index (χ0v) is 18.6. The number of anilines is 1. The van der Waals surface area contributed by atoms with Crippen LogP contribution in [0.5, 0.6) is 17.2 Å². The van der Waals surface area contributed by atoms with E-state index < -0.39 is 0 Å². The Morgan fingerprint density at radius 2 is 1.52 bits per heavy atom. The van der Waals surface area contributed by atoms with E-state index in [0.717, 1.165) is 6.42 Å². The van der Waals surface area contributed by atoms with Gasteiger partial charge in [-0.25, -0.2) is 0 Å². The predicted octanol–water partition coefficient (Wildman–Crippen LogP) is 5.44. The molecule has 1 N–H and O–H groups in total. The highest BCUT2D eigenvalue weighted by atomic mass is 16.5. The SMILES string of the molecule is COc1ccc(OC)c(NC(=O)COc2ccc(C(C)(C)CC(C)(C)C)cc2)c1. The first-order chi connectivity index (χ1) is 13.5. The minimum Gasteiger partial charge on any atom is -0.497 e. The predicted molar refractivity (Wildman–Crippen MR) is 117 cm³/mol. The largest absolute Gasteiger partial charge is 0.497 e. The Morgan fingerprint density at radius 3 is 2.07 bits per heavy atom. The molecule has 1 amide bonds. The summed E-state index contributed by atoms with van der Waals surface area (Å²) in [4.78, 5) is 12.3. The van der Waals surface area contributed by atoms with Gasteiger partial charge in [-0.05, 0) is 47.1 Å². The third-order valence-corrected chi connectivity index (χ3v) is 4.66. The number of benzene rings is 2. The van der Waals surface area contributed by atoms with Gasteiger partial charge in [-0.2, -0.15) is 0 Å². The number of hydrogen-bond donors (Lipinski definition) is 1. The van der Waals surface area contributed by atoms with Crippen LogP contribution in [0.25, 0.3) is 0 Å². The molecule has 0 aliphatic rings. The van der Waals surface area contributed by atoms with E-state index in [-0.39, 0.29) is 23.3 Å². The van der Waals surface area contributed by atoms with Crippen LogP contribution >= 0.6 is 0 Å². The molecule has 0 radical (unpaired) electrons. The summed E-state index contributed by atoms with van der Waals surface area (Å²) in [7, 11) is 3.12. The van der Waals surface area contributed by atoms with Crippen molar-refractivity contribution in [3.05, 3.63) is 48.0 Å². The molecule has 0 aliphatic carbocycles. The monoisotopic (exact) mass is 399 g/mol. The number of rotatable bonds is 8. The van der Waals surface area contributed by atoms with Gasteiger partial charge < -0.3 is 19.5 Å². The molecule has 0 spiro atoms. The highest BCUT2D eigenvalue weighted by Gasteiger charge is 2.27. The molecule has 158 valence electrons. The van der Waals surface area contributed by atoms with Crippen molar-refractivity contribution in [2.45, 2.75) is 46.5 Å². The fourth-order valence-electron chi connectivity index (χ4n) is 3.68. The standard InChI is InChI=1S/C24H33NO4/c1-23(2,3)16-24(4,5)17-8-10-18(11-9-17)29-15-22(26)25-20-14-19(27-6)12-13-21(20)28-7/h8-14H,15-16H2,1-7H3,(H,25,26). The van der Waals surface area contributed by atoms with Crippen LogP contribution in [0.15, 0.2) is 42.5 Å². The van der Waals surface area contributed by atoms with E-state index in [4.69, 9.17) is 14.2 Å². The number of methoxy groups -OCH3 is 2. The molecule has 0 bridgehead atoms. The van der Waals surface area contributed by atoms with Gasteiger partial charge in [0, 0.05) is 6.07 Å². The summed E-state index contributed by atoms with van der Waals surface area (Å²) in [5.74, 6) is 1.59. The summed E-state index contributed by atoms with van der Waals surface area (Å²) >= 11 is 0. The molecule has 0 fully saturated rings. The zero-order chi connectivity index (χ0) is 21.7. The normalized spacial score (nSPS) is 11.7. The van der Waals surface area contributed by atoms with Gasteiger partial charge in [-0.1, -0.05) is 46.8 Å². The number of carbonyl (C=O) groups excluding carboxylic acids is 1. The van der Waals surface area contributed by atoms with Gasteiger partial charge >= 0.3 is 0 Å². The maximum Gasteiger partial charge on any atom is 0.262 e. The highest BCUT2D eigenvalue weighted by molar-refractivity contribution is 5.93. The van der Waals surface area contributed by atoms with Gasteiger partial charge in [0.05, 0.1) is 19.9 Å². The molecule has 0 saturated carbocycles. The molecular formula is C24H33NO4. The summed E-state index contributed by atoms with van der Waals surface area (Å²) in [5, 5.41) is 2.80. The number of hydrogen-bond acceptors (Lipinski definition) is 4. The van der Waals surface area contributed by atoms with E-state index in [1.807, 2.05) is 12.1 Å². The summed E-state index contributed by atoms with van der Waals surface area (Å²) < 4.78 is 16.1. The molecule has 5 nitrogen and oxygen atoms in total. The second-order valence-corrected chi connectivity index (χ2v) is 9.05. The third kappa shape index (κ3) is 6.70. The van der Waals surface area contributed by atoms with Crippen LogP contribution in [-0.4, -0.2) is 26.7 Å². The molecular weight excluding hydrogens is 366 g/mol. The van der Waals surface area contributed by atoms with Crippen molar-refractivity contribution in [2.24, 2.45) is 5.41 Å². The second kappa shape index (κ2) is 9.21. The fraction of sp³-hybridized carbons (Fsp3) is 0.458. The van der Waals surface area contributed by atoms with Crippen molar-refractivity contribution in [1.82, 2.24) is 0 Å². The lowest BCUT2D eigenvalue weighted by atomic mass is 9.72. The Kier molecular flexibility index (Phi) is 7.17. The van der Waals surface area contributed by atoms with Crippen LogP contribution in [0.4, 0.5) is 5.69 Å². The van der Waals surface area contributed by atoms with Crippen molar-refractivity contribution in [2.75, 3.05) is 26.1 Å². The van der Waals surface area contributed by atoms with Crippen molar-refractivity contribution < 1.29 is 19.0 Å². The second-order valence-electron chi connectivity index (χ2n) is 9.05. The molecule has 0 atom stereocenters. The fourth-order valence-corrected chi connectivity index (χ4v) is 3.68. The topological polar surface area (TPSA) is 56.8 Å². The van der Waals surface area contributed by atoms with E-state index in [2.05, 4.69) is 52.1 Å². The van der Waals surface area contributed by atoms with Gasteiger partial charge in [0.2, 0.25) is 0 Å². The van der Waals surface area contributed by atoms with Gasteiger partial charge in [-0.3, -0.25) is 4.79 Å². The molecule has 0 aliphatic heterocycles. The zero-order valence-electron chi connectivity index (χ0n) is 18.6. The molecule has 5 heteroatoms. The first-order valence-corrected chi connectivity index (χ1v) is 9.79. The first kappa shape index (κ1) is 22.6. The van der Waals surface area contributed by atoms with Gasteiger partial charge in [0.25, 0.3) is 5.91 Å². The van der Waals surface area contributed by atoms with Crippen LogP contribution in [0.3, 0.4) is 0 Å². The lowest BCUT2D eigenvalue weighted by Crippen LogP contribution is -2.24. The van der Waals surface area contributed by atoms with Gasteiger partial charge in [0.1, 0.15) is 17.2 Å². The Hall–Kier alpha value is -2.69. The molecule has 2 rings (SSSR count). The average molecular weight is 400 g/mol. The Bertz CT molecular complexity index is 820. The van der Waals surface area contributed by atoms with E-state index in [1.165, 1.54) is 5.56 Å². The van der Waals surface area contributed by atoms with Crippen LogP contribution in [0, 0.1) is 5.41 Å². The Morgan fingerprint density at radius 1 is 0.897 bits per heavy atom. The molecule has 0 heterocycles. The third-order valence-electron chi connectivity index (χ3n) is 4.66.